The maximum absolute atomic E-state index is 12.8. The Morgan fingerprint density at radius 3 is 2.39 bits per heavy atom. The first-order valence-electron chi connectivity index (χ1n) is 8.85. The topological polar surface area (TPSA) is 75.4 Å². The van der Waals surface area contributed by atoms with E-state index in [0.717, 1.165) is 11.1 Å². The smallest absolute Gasteiger partial charge is 0.254 e. The summed E-state index contributed by atoms with van der Waals surface area (Å²) in [4.78, 5) is 26.5. The highest BCUT2D eigenvalue weighted by atomic mass is 16.5. The molecule has 0 spiro atoms. The van der Waals surface area contributed by atoms with E-state index in [0.29, 0.717) is 17.1 Å². The predicted octanol–water partition coefficient (Wildman–Crippen LogP) is 3.92. The van der Waals surface area contributed by atoms with Crippen molar-refractivity contribution in [3.8, 4) is 11.1 Å². The van der Waals surface area contributed by atoms with Crippen LogP contribution in [0.3, 0.4) is 0 Å². The van der Waals surface area contributed by atoms with Crippen LogP contribution in [0.25, 0.3) is 11.1 Å². The summed E-state index contributed by atoms with van der Waals surface area (Å²) in [5.41, 5.74) is 2.60. The van der Waals surface area contributed by atoms with Gasteiger partial charge in [0.15, 0.2) is 5.82 Å². The second-order valence-corrected chi connectivity index (χ2v) is 6.29. The molecule has 0 aliphatic rings. The third-order valence-corrected chi connectivity index (χ3v) is 4.11. The van der Waals surface area contributed by atoms with E-state index in [1.165, 1.54) is 4.90 Å². The molecule has 0 saturated heterocycles. The minimum absolute atomic E-state index is 0.114. The zero-order valence-electron chi connectivity index (χ0n) is 15.6. The van der Waals surface area contributed by atoms with Crippen LogP contribution in [0.4, 0.5) is 5.82 Å². The minimum atomic E-state index is -0.357. The van der Waals surface area contributed by atoms with Crippen molar-refractivity contribution in [1.82, 2.24) is 10.1 Å². The van der Waals surface area contributed by atoms with Crippen LogP contribution in [0.15, 0.2) is 77.8 Å². The van der Waals surface area contributed by atoms with Gasteiger partial charge < -0.3 is 14.7 Å². The molecule has 0 saturated carbocycles. The zero-order valence-corrected chi connectivity index (χ0v) is 15.6. The quantitative estimate of drug-likeness (QED) is 0.635. The molecule has 142 valence electrons. The molecule has 3 aromatic rings. The summed E-state index contributed by atoms with van der Waals surface area (Å²) >= 11 is 0. The van der Waals surface area contributed by atoms with Crippen molar-refractivity contribution in [3.05, 3.63) is 84.6 Å². The van der Waals surface area contributed by atoms with E-state index in [2.05, 4.69) is 17.1 Å². The van der Waals surface area contributed by atoms with Crippen molar-refractivity contribution in [3.63, 3.8) is 0 Å². The Bertz CT molecular complexity index is 962. The third kappa shape index (κ3) is 4.73. The molecule has 0 fully saturated rings. The highest BCUT2D eigenvalue weighted by Crippen LogP contribution is 2.20. The fourth-order valence-electron chi connectivity index (χ4n) is 2.77. The van der Waals surface area contributed by atoms with Crippen LogP contribution in [0.1, 0.15) is 16.1 Å². The first-order valence-corrected chi connectivity index (χ1v) is 8.85. The number of rotatable bonds is 7. The van der Waals surface area contributed by atoms with Crippen molar-refractivity contribution in [1.29, 1.82) is 0 Å². The largest absolute Gasteiger partial charge is 0.360 e. The summed E-state index contributed by atoms with van der Waals surface area (Å²) in [6.07, 6.45) is 1.59. The van der Waals surface area contributed by atoms with Gasteiger partial charge in [-0.3, -0.25) is 9.59 Å². The van der Waals surface area contributed by atoms with Gasteiger partial charge in [0, 0.05) is 18.2 Å². The van der Waals surface area contributed by atoms with Crippen molar-refractivity contribution < 1.29 is 14.1 Å². The van der Waals surface area contributed by atoms with Crippen LogP contribution in [0.2, 0.25) is 0 Å². The molecule has 1 heterocycles. The van der Waals surface area contributed by atoms with Crippen LogP contribution in [0, 0.1) is 6.92 Å². The lowest BCUT2D eigenvalue weighted by molar-refractivity contribution is -0.116. The summed E-state index contributed by atoms with van der Waals surface area (Å²) in [6, 6.07) is 18.8. The van der Waals surface area contributed by atoms with E-state index in [-0.39, 0.29) is 24.9 Å². The van der Waals surface area contributed by atoms with Gasteiger partial charge in [-0.1, -0.05) is 53.7 Å². The van der Waals surface area contributed by atoms with E-state index in [4.69, 9.17) is 4.52 Å². The van der Waals surface area contributed by atoms with Gasteiger partial charge in [0.25, 0.3) is 5.91 Å². The van der Waals surface area contributed by atoms with Crippen LogP contribution >= 0.6 is 0 Å². The molecule has 28 heavy (non-hydrogen) atoms. The number of nitrogens with zero attached hydrogens (tertiary/aromatic N) is 2. The fraction of sp³-hybridized carbons (Fsp3) is 0.136. The number of amides is 2. The lowest BCUT2D eigenvalue weighted by Crippen LogP contribution is -2.38. The van der Waals surface area contributed by atoms with E-state index in [1.807, 2.05) is 42.5 Å². The number of anilines is 1. The van der Waals surface area contributed by atoms with E-state index < -0.39 is 0 Å². The second kappa shape index (κ2) is 8.81. The molecule has 0 radical (unpaired) electrons. The van der Waals surface area contributed by atoms with Crippen LogP contribution < -0.4 is 5.32 Å². The minimum Gasteiger partial charge on any atom is -0.360 e. The van der Waals surface area contributed by atoms with Crippen LogP contribution in [-0.2, 0) is 4.79 Å². The molecule has 2 amide bonds. The maximum atomic E-state index is 12.8. The monoisotopic (exact) mass is 375 g/mol. The number of nitrogens with one attached hydrogen (secondary N) is 1. The van der Waals surface area contributed by atoms with Gasteiger partial charge in [0.05, 0.1) is 0 Å². The summed E-state index contributed by atoms with van der Waals surface area (Å²) < 4.78 is 4.92. The zero-order chi connectivity index (χ0) is 19.9. The normalized spacial score (nSPS) is 10.3. The Labute approximate surface area is 163 Å². The molecule has 6 heteroatoms. The highest BCUT2D eigenvalue weighted by Gasteiger charge is 2.18. The number of hydrogen-bond donors (Lipinski definition) is 1. The fourth-order valence-corrected chi connectivity index (χ4v) is 2.77. The summed E-state index contributed by atoms with van der Waals surface area (Å²) in [5, 5.41) is 6.34. The molecule has 2 aromatic carbocycles. The number of aryl methyl sites for hydroxylation is 1. The Kier molecular flexibility index (Phi) is 6.01. The summed E-state index contributed by atoms with van der Waals surface area (Å²) in [5.74, 6) is 0.309. The molecule has 0 bridgehead atoms. The summed E-state index contributed by atoms with van der Waals surface area (Å²) in [6.45, 7) is 5.54. The molecular formula is C22H21N3O3. The molecular weight excluding hydrogens is 354 g/mol. The number of benzene rings is 2. The Morgan fingerprint density at radius 2 is 1.79 bits per heavy atom. The Balaban J connectivity index is 1.69. The molecule has 0 atom stereocenters. The molecule has 3 rings (SSSR count). The van der Waals surface area contributed by atoms with Gasteiger partial charge in [-0.15, -0.1) is 6.58 Å². The van der Waals surface area contributed by atoms with Crippen molar-refractivity contribution >= 4 is 17.6 Å². The molecule has 1 aromatic heterocycles. The average molecular weight is 375 g/mol. The first-order chi connectivity index (χ1) is 13.6. The molecule has 0 unspecified atom stereocenters. The van der Waals surface area contributed by atoms with Crippen molar-refractivity contribution in [2.24, 2.45) is 0 Å². The van der Waals surface area contributed by atoms with Gasteiger partial charge in [-0.25, -0.2) is 0 Å². The molecule has 6 nitrogen and oxygen atoms in total. The standard InChI is InChI=1S/C22H21N3O3/c1-3-13-25(15-21(26)23-20-14-16(2)28-24-20)22(27)19-11-9-18(10-12-19)17-7-5-4-6-8-17/h3-12,14H,1,13,15H2,2H3,(H,23,24,26). The van der Waals surface area contributed by atoms with Gasteiger partial charge in [0.2, 0.25) is 5.91 Å². The average Bonchev–Trinajstić information content (AvgIpc) is 3.12. The lowest BCUT2D eigenvalue weighted by atomic mass is 10.0. The third-order valence-electron chi connectivity index (χ3n) is 4.11. The van der Waals surface area contributed by atoms with E-state index in [1.54, 1.807) is 31.2 Å². The van der Waals surface area contributed by atoms with Gasteiger partial charge >= 0.3 is 0 Å². The van der Waals surface area contributed by atoms with Gasteiger partial charge in [-0.2, -0.15) is 0 Å². The van der Waals surface area contributed by atoms with E-state index >= 15 is 0 Å². The lowest BCUT2D eigenvalue weighted by Gasteiger charge is -2.20. The van der Waals surface area contributed by atoms with Gasteiger partial charge in [-0.05, 0) is 30.2 Å². The van der Waals surface area contributed by atoms with E-state index in [9.17, 15) is 9.59 Å². The number of carbonyl (C=O) groups excluding carboxylic acids is 2. The van der Waals surface area contributed by atoms with Crippen molar-refractivity contribution in [2.45, 2.75) is 6.92 Å². The summed E-state index contributed by atoms with van der Waals surface area (Å²) in [7, 11) is 0. The Hall–Kier alpha value is -3.67. The molecule has 0 aliphatic heterocycles. The second-order valence-electron chi connectivity index (χ2n) is 6.29. The molecule has 1 N–H and O–H groups in total. The SMILES string of the molecule is C=CCN(CC(=O)Nc1cc(C)on1)C(=O)c1ccc(-c2ccccc2)cc1. The molecule has 0 aliphatic carbocycles. The van der Waals surface area contributed by atoms with Crippen molar-refractivity contribution in [2.75, 3.05) is 18.4 Å². The number of hydrogen-bond acceptors (Lipinski definition) is 4. The number of carbonyl (C=O) groups is 2. The first kappa shape index (κ1) is 19.1. The number of aromatic nitrogens is 1. The van der Waals surface area contributed by atoms with Crippen LogP contribution in [0.5, 0.6) is 0 Å². The van der Waals surface area contributed by atoms with Gasteiger partial charge in [0.1, 0.15) is 12.3 Å². The maximum Gasteiger partial charge on any atom is 0.254 e. The van der Waals surface area contributed by atoms with Crippen LogP contribution in [-0.4, -0.2) is 35.0 Å². The Morgan fingerprint density at radius 1 is 1.11 bits per heavy atom. The predicted molar refractivity (Wildman–Crippen MR) is 108 cm³/mol. The highest BCUT2D eigenvalue weighted by molar-refractivity contribution is 5.99.